The zero-order valence-electron chi connectivity index (χ0n) is 13.5. The van der Waals surface area contributed by atoms with Crippen molar-refractivity contribution < 1.29 is 9.18 Å². The molecule has 0 aliphatic heterocycles. The molecule has 0 saturated heterocycles. The quantitative estimate of drug-likeness (QED) is 0.657. The summed E-state index contributed by atoms with van der Waals surface area (Å²) >= 11 is 18.0. The molecule has 1 atom stereocenters. The lowest BCUT2D eigenvalue weighted by Crippen LogP contribution is -2.45. The molecule has 0 heterocycles. The summed E-state index contributed by atoms with van der Waals surface area (Å²) in [6, 6.07) is 3.26. The second-order valence-corrected chi connectivity index (χ2v) is 7.79. The van der Waals surface area contributed by atoms with Crippen molar-refractivity contribution >= 4 is 40.8 Å². The van der Waals surface area contributed by atoms with Crippen molar-refractivity contribution in [3.63, 3.8) is 0 Å². The molecule has 7 heteroatoms. The van der Waals surface area contributed by atoms with E-state index in [2.05, 4.69) is 5.32 Å². The third kappa shape index (κ3) is 6.02. The summed E-state index contributed by atoms with van der Waals surface area (Å²) in [6.07, 6.45) is 1.65. The van der Waals surface area contributed by atoms with Crippen LogP contribution in [0.3, 0.4) is 0 Å². The zero-order valence-corrected chi connectivity index (χ0v) is 15.8. The monoisotopic (exact) mass is 382 g/mol. The molecule has 1 N–H and O–H groups in total. The molecule has 1 aromatic rings. The molecule has 23 heavy (non-hydrogen) atoms. The number of nitrogens with zero attached hydrogens (tertiary/aromatic N) is 1. The highest BCUT2D eigenvalue weighted by Gasteiger charge is 2.36. The summed E-state index contributed by atoms with van der Waals surface area (Å²) in [6.45, 7) is 6.82. The Labute approximate surface area is 152 Å². The second kappa shape index (κ2) is 8.95. The van der Waals surface area contributed by atoms with Crippen LogP contribution in [0.1, 0.15) is 43.9 Å². The van der Waals surface area contributed by atoms with Gasteiger partial charge in [0.1, 0.15) is 11.9 Å². The van der Waals surface area contributed by atoms with Crippen LogP contribution in [-0.2, 0) is 0 Å². The lowest BCUT2D eigenvalue weighted by Gasteiger charge is -2.30. The van der Waals surface area contributed by atoms with E-state index in [1.165, 1.54) is 6.07 Å². The maximum atomic E-state index is 13.8. The molecule has 0 saturated carbocycles. The largest absolute Gasteiger partial charge is 0.327 e. The van der Waals surface area contributed by atoms with Crippen molar-refractivity contribution in [3.8, 4) is 0 Å². The van der Waals surface area contributed by atoms with Gasteiger partial charge in [0, 0.05) is 13.1 Å². The van der Waals surface area contributed by atoms with E-state index in [1.54, 1.807) is 24.0 Å². The number of nitrogens with one attached hydrogen (secondary N) is 1. The van der Waals surface area contributed by atoms with E-state index < -0.39 is 15.7 Å². The molecule has 0 spiro atoms. The Hall–Kier alpha value is -0.710. The van der Waals surface area contributed by atoms with Crippen LogP contribution in [0.4, 0.5) is 9.18 Å². The van der Waals surface area contributed by atoms with Crippen molar-refractivity contribution in [3.05, 3.63) is 35.1 Å². The van der Waals surface area contributed by atoms with Crippen molar-refractivity contribution in [2.24, 2.45) is 0 Å². The van der Waals surface area contributed by atoms with Gasteiger partial charge in [-0.05, 0) is 37.0 Å². The Kier molecular flexibility index (Phi) is 7.91. The van der Waals surface area contributed by atoms with E-state index in [4.69, 9.17) is 34.8 Å². The van der Waals surface area contributed by atoms with Crippen molar-refractivity contribution in [1.82, 2.24) is 10.2 Å². The van der Waals surface area contributed by atoms with Gasteiger partial charge in [0.2, 0.25) is 3.79 Å². The van der Waals surface area contributed by atoms with E-state index in [1.807, 2.05) is 13.8 Å². The Bertz CT molecular complexity index is 529. The van der Waals surface area contributed by atoms with Crippen molar-refractivity contribution in [1.29, 1.82) is 0 Å². The number of rotatable bonds is 6. The summed E-state index contributed by atoms with van der Waals surface area (Å²) < 4.78 is 12.0. The van der Waals surface area contributed by atoms with Gasteiger partial charge in [0.05, 0.1) is 0 Å². The molecule has 130 valence electrons. The van der Waals surface area contributed by atoms with Crippen molar-refractivity contribution in [2.75, 3.05) is 13.1 Å². The maximum Gasteiger partial charge on any atom is 0.318 e. The highest BCUT2D eigenvalue weighted by molar-refractivity contribution is 6.68. The molecular formula is C16H22Cl3FN2O. The normalized spacial score (nSPS) is 12.8. The van der Waals surface area contributed by atoms with Crippen LogP contribution >= 0.6 is 34.8 Å². The number of urea groups is 1. The van der Waals surface area contributed by atoms with Gasteiger partial charge in [-0.15, -0.1) is 0 Å². The molecule has 2 amide bonds. The average molecular weight is 384 g/mol. The maximum absolute atomic E-state index is 13.8. The minimum atomic E-state index is -1.79. The smallest absolute Gasteiger partial charge is 0.318 e. The molecule has 0 radical (unpaired) electrons. The number of alkyl halides is 3. The first-order chi connectivity index (χ1) is 10.7. The summed E-state index contributed by atoms with van der Waals surface area (Å²) in [5, 5.41) is 2.71. The van der Waals surface area contributed by atoms with Gasteiger partial charge < -0.3 is 10.2 Å². The fourth-order valence-corrected chi connectivity index (χ4v) is 2.75. The average Bonchev–Trinajstić information content (AvgIpc) is 2.46. The van der Waals surface area contributed by atoms with Crippen molar-refractivity contribution in [2.45, 2.75) is 43.4 Å². The summed E-state index contributed by atoms with van der Waals surface area (Å²) in [5.74, 6) is -0.407. The first-order valence-electron chi connectivity index (χ1n) is 7.58. The summed E-state index contributed by atoms with van der Waals surface area (Å²) in [4.78, 5) is 14.1. The Morgan fingerprint density at radius 2 is 1.83 bits per heavy atom. The summed E-state index contributed by atoms with van der Waals surface area (Å²) in [7, 11) is 0. The molecule has 1 rings (SSSR count). The van der Waals surface area contributed by atoms with Crippen LogP contribution in [-0.4, -0.2) is 27.8 Å². The van der Waals surface area contributed by atoms with Gasteiger partial charge >= 0.3 is 6.03 Å². The number of amides is 2. The zero-order chi connectivity index (χ0) is 17.6. The van der Waals surface area contributed by atoms with Crippen LogP contribution < -0.4 is 5.32 Å². The van der Waals surface area contributed by atoms with E-state index in [9.17, 15) is 9.18 Å². The summed E-state index contributed by atoms with van der Waals surface area (Å²) in [5.41, 5.74) is 0.899. The topological polar surface area (TPSA) is 32.3 Å². The third-order valence-electron chi connectivity index (χ3n) is 3.40. The standard InChI is InChI=1S/C16H22Cl3FN2O/c1-4-8-22(9-5-2)15(23)21-14(16(17,18)19)12-7-6-11(3)13(20)10-12/h6-7,10,14H,4-5,8-9H2,1-3H3,(H,21,23)/t14-/m1/s1. The minimum Gasteiger partial charge on any atom is -0.327 e. The first-order valence-corrected chi connectivity index (χ1v) is 8.72. The minimum absolute atomic E-state index is 0.328. The molecule has 1 aromatic carbocycles. The number of halogens is 4. The molecule has 0 fully saturated rings. The molecule has 0 unspecified atom stereocenters. The van der Waals surface area contributed by atoms with Crippen LogP contribution in [0.5, 0.6) is 0 Å². The predicted molar refractivity (Wildman–Crippen MR) is 94.9 cm³/mol. The molecule has 0 bridgehead atoms. The number of aryl methyl sites for hydroxylation is 1. The predicted octanol–water partition coefficient (Wildman–Crippen LogP) is 5.38. The van der Waals surface area contributed by atoms with E-state index in [0.29, 0.717) is 24.2 Å². The Morgan fingerprint density at radius 3 is 2.26 bits per heavy atom. The van der Waals surface area contributed by atoms with Gasteiger partial charge in [0.15, 0.2) is 0 Å². The van der Waals surface area contributed by atoms with Crippen LogP contribution in [0, 0.1) is 12.7 Å². The molecule has 0 aromatic heterocycles. The van der Waals surface area contributed by atoms with Crippen LogP contribution in [0.25, 0.3) is 0 Å². The van der Waals surface area contributed by atoms with E-state index >= 15 is 0 Å². The van der Waals surface area contributed by atoms with Gasteiger partial charge in [-0.3, -0.25) is 0 Å². The SMILES string of the molecule is CCCN(CCC)C(=O)N[C@H](c1ccc(C)c(F)c1)C(Cl)(Cl)Cl. The third-order valence-corrected chi connectivity index (χ3v) is 4.05. The van der Waals surface area contributed by atoms with Gasteiger partial charge in [-0.1, -0.05) is 60.8 Å². The Balaban J connectivity index is 3.03. The molecule has 0 aliphatic carbocycles. The lowest BCUT2D eigenvalue weighted by molar-refractivity contribution is 0.193. The molecule has 0 aliphatic rings. The molecule has 3 nitrogen and oxygen atoms in total. The van der Waals surface area contributed by atoms with Gasteiger partial charge in [0.25, 0.3) is 0 Å². The first kappa shape index (κ1) is 20.3. The highest BCUT2D eigenvalue weighted by Crippen LogP contribution is 2.40. The number of hydrogen-bond acceptors (Lipinski definition) is 1. The van der Waals surface area contributed by atoms with E-state index in [0.717, 1.165) is 12.8 Å². The molecular weight excluding hydrogens is 362 g/mol. The Morgan fingerprint density at radius 1 is 1.26 bits per heavy atom. The van der Waals surface area contributed by atoms with Gasteiger partial charge in [-0.25, -0.2) is 9.18 Å². The number of carbonyl (C=O) groups excluding carboxylic acids is 1. The van der Waals surface area contributed by atoms with Crippen LogP contribution in [0.2, 0.25) is 0 Å². The fourth-order valence-electron chi connectivity index (χ4n) is 2.21. The lowest BCUT2D eigenvalue weighted by atomic mass is 10.1. The second-order valence-electron chi connectivity index (χ2n) is 5.42. The van der Waals surface area contributed by atoms with Crippen LogP contribution in [0.15, 0.2) is 18.2 Å². The number of benzene rings is 1. The van der Waals surface area contributed by atoms with Gasteiger partial charge in [-0.2, -0.15) is 0 Å². The highest BCUT2D eigenvalue weighted by atomic mass is 35.6. The van der Waals surface area contributed by atoms with E-state index in [-0.39, 0.29) is 6.03 Å². The fraction of sp³-hybridized carbons (Fsp3) is 0.562. The number of carbonyl (C=O) groups is 1. The number of hydrogen-bond donors (Lipinski definition) is 1.